The van der Waals surface area contributed by atoms with Gasteiger partial charge in [0.25, 0.3) is 15.9 Å². The monoisotopic (exact) mass is 598 g/mol. The highest BCUT2D eigenvalue weighted by atomic mass is 32.2. The van der Waals surface area contributed by atoms with Gasteiger partial charge in [0, 0.05) is 58.0 Å². The lowest BCUT2D eigenvalue weighted by molar-refractivity contribution is -0.274. The van der Waals surface area contributed by atoms with E-state index in [0.717, 1.165) is 36.3 Å². The first kappa shape index (κ1) is 29.9. The normalized spacial score (nSPS) is 15.7. The van der Waals surface area contributed by atoms with Crippen molar-refractivity contribution in [3.8, 4) is 5.75 Å². The fraction of sp³-hybridized carbons (Fsp3) is 0.346. The van der Waals surface area contributed by atoms with Gasteiger partial charge in [0.05, 0.1) is 11.2 Å². The van der Waals surface area contributed by atoms with Gasteiger partial charge in [0.1, 0.15) is 4.90 Å². The van der Waals surface area contributed by atoms with E-state index in [-0.39, 0.29) is 43.6 Å². The lowest BCUT2D eigenvalue weighted by Crippen LogP contribution is -2.50. The second-order valence-electron chi connectivity index (χ2n) is 9.08. The predicted molar refractivity (Wildman–Crippen MR) is 143 cm³/mol. The molecule has 41 heavy (non-hydrogen) atoms. The molecule has 5 rings (SSSR count). The maximum Gasteiger partial charge on any atom is 0.573 e. The van der Waals surface area contributed by atoms with E-state index in [9.17, 15) is 31.2 Å². The lowest BCUT2D eigenvalue weighted by Gasteiger charge is -2.33. The van der Waals surface area contributed by atoms with Crippen molar-refractivity contribution in [1.29, 1.82) is 0 Å². The van der Waals surface area contributed by atoms with E-state index >= 15 is 0 Å². The molecule has 0 unspecified atom stereocenters. The number of alkyl halides is 3. The Bertz CT molecular complexity index is 1500. The van der Waals surface area contributed by atoms with E-state index in [2.05, 4.69) is 14.4 Å². The van der Waals surface area contributed by atoms with Gasteiger partial charge in [0.2, 0.25) is 0 Å². The lowest BCUT2D eigenvalue weighted by atomic mass is 10.1. The van der Waals surface area contributed by atoms with Crippen molar-refractivity contribution in [2.75, 3.05) is 44.1 Å². The molecule has 3 heterocycles. The van der Waals surface area contributed by atoms with Crippen LogP contribution in [0.5, 0.6) is 5.75 Å². The zero-order chi connectivity index (χ0) is 29.6. The van der Waals surface area contributed by atoms with Crippen LogP contribution in [0.15, 0.2) is 59.6 Å². The third-order valence-corrected chi connectivity index (χ3v) is 7.65. The number of nitrogens with zero attached hydrogens (tertiary/aromatic N) is 3. The summed E-state index contributed by atoms with van der Waals surface area (Å²) in [4.78, 5) is 30.1. The minimum Gasteiger partial charge on any atom is -0.465 e. The van der Waals surface area contributed by atoms with E-state index in [1.165, 1.54) is 36.1 Å². The molecule has 222 valence electrons. The van der Waals surface area contributed by atoms with Crippen molar-refractivity contribution in [1.82, 2.24) is 14.8 Å². The first-order valence-corrected chi connectivity index (χ1v) is 14.0. The maximum atomic E-state index is 13.1. The summed E-state index contributed by atoms with van der Waals surface area (Å²) in [6.45, 7) is 2.18. The standard InChI is InChI=1S/C22H19F3N4O6S.C4H8O.H2/c23-22(24,25)35-17-13-15(20(30)28-9-11-29(12-10-28)21(31)32)6-7-16(17)27-36(33,34)18-5-1-3-14-4-2-8-26-19(14)18;1-2-4-5-3-1;/h1-8,13,27H,9-12H2,(H,31,32);1-4H2;1H. The van der Waals surface area contributed by atoms with E-state index in [0.29, 0.717) is 5.39 Å². The van der Waals surface area contributed by atoms with Crippen LogP contribution in [0.1, 0.15) is 24.6 Å². The molecule has 11 nitrogen and oxygen atoms in total. The number of fused-ring (bicyclic) bond motifs is 1. The van der Waals surface area contributed by atoms with Gasteiger partial charge in [-0.25, -0.2) is 13.2 Å². The summed E-state index contributed by atoms with van der Waals surface area (Å²) >= 11 is 0. The predicted octanol–water partition coefficient (Wildman–Crippen LogP) is 4.41. The quantitative estimate of drug-likeness (QED) is 0.441. The number of ether oxygens (including phenoxy) is 2. The number of rotatable bonds is 5. The second-order valence-corrected chi connectivity index (χ2v) is 10.7. The highest BCUT2D eigenvalue weighted by Crippen LogP contribution is 2.34. The molecular weight excluding hydrogens is 569 g/mol. The Morgan fingerprint density at radius 3 is 2.27 bits per heavy atom. The number of benzene rings is 2. The van der Waals surface area contributed by atoms with Gasteiger partial charge >= 0.3 is 12.5 Å². The van der Waals surface area contributed by atoms with Crippen LogP contribution >= 0.6 is 0 Å². The molecule has 1 aromatic heterocycles. The zero-order valence-electron chi connectivity index (χ0n) is 21.6. The van der Waals surface area contributed by atoms with E-state index in [4.69, 9.17) is 9.84 Å². The number of halogens is 3. The number of pyridine rings is 1. The van der Waals surface area contributed by atoms with Crippen LogP contribution in [-0.4, -0.2) is 86.1 Å². The Morgan fingerprint density at radius 2 is 1.66 bits per heavy atom. The van der Waals surface area contributed by atoms with Crippen LogP contribution in [0.25, 0.3) is 10.9 Å². The van der Waals surface area contributed by atoms with Crippen molar-refractivity contribution >= 4 is 38.6 Å². The van der Waals surface area contributed by atoms with Crippen molar-refractivity contribution in [3.63, 3.8) is 0 Å². The first-order valence-electron chi connectivity index (χ1n) is 12.6. The SMILES string of the molecule is C1CCOC1.O=C(O)N1CCN(C(=O)c2ccc(NS(=O)(=O)c3cccc4cccnc34)c(OC(F)(F)F)c2)CC1.[HH]. The van der Waals surface area contributed by atoms with Crippen LogP contribution in [0, 0.1) is 0 Å². The number of anilines is 1. The number of carboxylic acid groups (broad SMARTS) is 1. The third kappa shape index (κ3) is 7.76. The average Bonchev–Trinajstić information content (AvgIpc) is 3.53. The molecule has 0 spiro atoms. The van der Waals surface area contributed by atoms with E-state index in [1.54, 1.807) is 18.2 Å². The molecule has 15 heteroatoms. The summed E-state index contributed by atoms with van der Waals surface area (Å²) < 4.78 is 76.6. The average molecular weight is 599 g/mol. The van der Waals surface area contributed by atoms with Crippen LogP contribution < -0.4 is 9.46 Å². The van der Waals surface area contributed by atoms with Crippen molar-refractivity contribution in [3.05, 3.63) is 60.3 Å². The molecule has 0 atom stereocenters. The van der Waals surface area contributed by atoms with Crippen LogP contribution in [-0.2, 0) is 14.8 Å². The summed E-state index contributed by atoms with van der Waals surface area (Å²) in [7, 11) is -4.40. The molecule has 2 aromatic carbocycles. The number of hydrogen-bond acceptors (Lipinski definition) is 7. The van der Waals surface area contributed by atoms with Gasteiger partial charge in [-0.05, 0) is 43.2 Å². The fourth-order valence-electron chi connectivity index (χ4n) is 4.24. The number of aromatic nitrogens is 1. The molecule has 2 aliphatic heterocycles. The number of amides is 2. The number of sulfonamides is 1. The first-order chi connectivity index (χ1) is 19.4. The summed E-state index contributed by atoms with van der Waals surface area (Å²) in [6.07, 6.45) is -2.37. The van der Waals surface area contributed by atoms with E-state index in [1.807, 2.05) is 0 Å². The molecule has 2 N–H and O–H groups in total. The number of carbonyl (C=O) groups excluding carboxylic acids is 1. The number of nitrogens with one attached hydrogen (secondary N) is 1. The zero-order valence-corrected chi connectivity index (χ0v) is 22.4. The minimum absolute atomic E-state index is 0. The Kier molecular flexibility index (Phi) is 9.18. The number of para-hydroxylation sites is 1. The molecule has 0 saturated carbocycles. The van der Waals surface area contributed by atoms with Crippen LogP contribution in [0.4, 0.5) is 23.7 Å². The van der Waals surface area contributed by atoms with Gasteiger partial charge in [-0.3, -0.25) is 14.5 Å². The summed E-state index contributed by atoms with van der Waals surface area (Å²) in [6, 6.07) is 10.6. The second kappa shape index (κ2) is 12.6. The summed E-state index contributed by atoms with van der Waals surface area (Å²) in [5.74, 6) is -1.57. The topological polar surface area (TPSA) is 138 Å². The fourth-order valence-corrected chi connectivity index (χ4v) is 5.49. The highest BCUT2D eigenvalue weighted by Gasteiger charge is 2.34. The van der Waals surface area contributed by atoms with Crippen molar-refractivity contribution in [2.24, 2.45) is 0 Å². The van der Waals surface area contributed by atoms with Crippen LogP contribution in [0.3, 0.4) is 0 Å². The van der Waals surface area contributed by atoms with Gasteiger partial charge in [-0.15, -0.1) is 13.2 Å². The highest BCUT2D eigenvalue weighted by molar-refractivity contribution is 7.93. The minimum atomic E-state index is -5.17. The molecule has 2 saturated heterocycles. The molecule has 2 amide bonds. The van der Waals surface area contributed by atoms with Crippen molar-refractivity contribution in [2.45, 2.75) is 24.1 Å². The van der Waals surface area contributed by atoms with E-state index < -0.39 is 39.8 Å². The van der Waals surface area contributed by atoms with Crippen molar-refractivity contribution < 1.29 is 47.2 Å². The Balaban J connectivity index is 0.000000730. The Labute approximate surface area is 235 Å². The molecule has 0 aliphatic carbocycles. The largest absolute Gasteiger partial charge is 0.573 e. The van der Waals surface area contributed by atoms with Gasteiger partial charge in [-0.1, -0.05) is 18.2 Å². The molecule has 3 aromatic rings. The van der Waals surface area contributed by atoms with Gasteiger partial charge in [0.15, 0.2) is 5.75 Å². The molecule has 0 radical (unpaired) electrons. The molecule has 0 bridgehead atoms. The Morgan fingerprint density at radius 1 is 1.00 bits per heavy atom. The van der Waals surface area contributed by atoms with Gasteiger partial charge < -0.3 is 24.4 Å². The number of piperazine rings is 1. The maximum absolute atomic E-state index is 13.1. The smallest absolute Gasteiger partial charge is 0.465 e. The Hall–Kier alpha value is -4.11. The van der Waals surface area contributed by atoms with Gasteiger partial charge in [-0.2, -0.15) is 0 Å². The van der Waals surface area contributed by atoms with Crippen LogP contribution in [0.2, 0.25) is 0 Å². The molecule has 2 aliphatic rings. The number of carbonyl (C=O) groups is 2. The third-order valence-electron chi connectivity index (χ3n) is 6.25. The number of hydrogen-bond donors (Lipinski definition) is 2. The summed E-state index contributed by atoms with van der Waals surface area (Å²) in [5, 5.41) is 9.54. The summed E-state index contributed by atoms with van der Waals surface area (Å²) in [5.41, 5.74) is -0.599. The molecular formula is C26H29F3N4O7S. The molecule has 2 fully saturated rings.